The van der Waals surface area contributed by atoms with Crippen molar-refractivity contribution in [3.05, 3.63) is 82.4 Å². The smallest absolute Gasteiger partial charge is 0.338 e. The Morgan fingerprint density at radius 1 is 1.04 bits per heavy atom. The second kappa shape index (κ2) is 5.83. The molecule has 0 aliphatic heterocycles. The zero-order chi connectivity index (χ0) is 19.5. The third-order valence-corrected chi connectivity index (χ3v) is 6.02. The molecule has 0 fully saturated rings. The van der Waals surface area contributed by atoms with Gasteiger partial charge in [-0.05, 0) is 69.8 Å². The molecule has 1 atom stereocenters. The van der Waals surface area contributed by atoms with E-state index in [1.54, 1.807) is 7.11 Å². The van der Waals surface area contributed by atoms with Crippen LogP contribution in [0, 0.1) is 0 Å². The van der Waals surface area contributed by atoms with E-state index in [4.69, 9.17) is 9.47 Å². The minimum absolute atomic E-state index is 0.294. The molecule has 3 nitrogen and oxygen atoms in total. The Hall–Kier alpha value is -3.33. The highest BCUT2D eigenvalue weighted by molar-refractivity contribution is 6.08. The monoisotopic (exact) mass is 368 g/mol. The van der Waals surface area contributed by atoms with Crippen LogP contribution in [0.15, 0.2) is 54.6 Å². The summed E-state index contributed by atoms with van der Waals surface area (Å²) in [7, 11) is 3.12. The SMILES string of the molecule is COC(=O)c1cccc2c1[C@@]1(C)C=Cc3c(ccc4cc(OC)ccc34)C1=C2. The summed E-state index contributed by atoms with van der Waals surface area (Å²) in [6.07, 6.45) is 6.60. The number of carbonyl (C=O) groups is 1. The zero-order valence-corrected chi connectivity index (χ0v) is 16.1. The summed E-state index contributed by atoms with van der Waals surface area (Å²) in [5.74, 6) is 0.560. The molecule has 3 heteroatoms. The highest BCUT2D eigenvalue weighted by Gasteiger charge is 2.41. The van der Waals surface area contributed by atoms with E-state index >= 15 is 0 Å². The molecule has 0 amide bonds. The molecule has 138 valence electrons. The molecule has 28 heavy (non-hydrogen) atoms. The van der Waals surface area contributed by atoms with Gasteiger partial charge in [0.05, 0.1) is 19.8 Å². The molecule has 0 radical (unpaired) electrons. The zero-order valence-electron chi connectivity index (χ0n) is 16.1. The molecule has 0 saturated carbocycles. The molecule has 0 bridgehead atoms. The Morgan fingerprint density at radius 3 is 2.68 bits per heavy atom. The molecule has 0 aromatic heterocycles. The first-order valence-corrected chi connectivity index (χ1v) is 9.31. The molecule has 0 saturated heterocycles. The van der Waals surface area contributed by atoms with Crippen LogP contribution in [0.25, 0.3) is 28.5 Å². The summed E-state index contributed by atoms with van der Waals surface area (Å²) in [4.78, 5) is 12.4. The summed E-state index contributed by atoms with van der Waals surface area (Å²) >= 11 is 0. The highest BCUT2D eigenvalue weighted by Crippen LogP contribution is 2.53. The summed E-state index contributed by atoms with van der Waals surface area (Å²) in [5.41, 5.74) is 6.00. The minimum atomic E-state index is -0.354. The van der Waals surface area contributed by atoms with Crippen LogP contribution in [0.1, 0.15) is 39.5 Å². The van der Waals surface area contributed by atoms with Crippen molar-refractivity contribution in [2.24, 2.45) is 0 Å². The van der Waals surface area contributed by atoms with Crippen LogP contribution in [0.2, 0.25) is 0 Å². The van der Waals surface area contributed by atoms with Gasteiger partial charge in [-0.15, -0.1) is 0 Å². The van der Waals surface area contributed by atoms with E-state index in [0.29, 0.717) is 5.56 Å². The number of rotatable bonds is 2. The summed E-state index contributed by atoms with van der Waals surface area (Å²) in [6, 6.07) is 16.3. The number of methoxy groups -OCH3 is 2. The summed E-state index contributed by atoms with van der Waals surface area (Å²) in [6.45, 7) is 2.18. The van der Waals surface area contributed by atoms with Gasteiger partial charge in [0.25, 0.3) is 0 Å². The first-order valence-electron chi connectivity index (χ1n) is 9.31. The molecule has 2 aliphatic carbocycles. The molecule has 0 unspecified atom stereocenters. The van der Waals surface area contributed by atoms with Crippen LogP contribution in [0.3, 0.4) is 0 Å². The molecule has 0 heterocycles. The fourth-order valence-electron chi connectivity index (χ4n) is 4.64. The van der Waals surface area contributed by atoms with E-state index in [0.717, 1.165) is 22.3 Å². The van der Waals surface area contributed by atoms with Crippen molar-refractivity contribution in [3.63, 3.8) is 0 Å². The van der Waals surface area contributed by atoms with Gasteiger partial charge in [0, 0.05) is 5.41 Å². The third kappa shape index (κ3) is 2.13. The van der Waals surface area contributed by atoms with Gasteiger partial charge in [-0.3, -0.25) is 0 Å². The van der Waals surface area contributed by atoms with E-state index < -0.39 is 0 Å². The van der Waals surface area contributed by atoms with Crippen molar-refractivity contribution in [2.45, 2.75) is 12.3 Å². The minimum Gasteiger partial charge on any atom is -0.497 e. The van der Waals surface area contributed by atoms with Gasteiger partial charge >= 0.3 is 5.97 Å². The first-order chi connectivity index (χ1) is 13.6. The second-order valence-electron chi connectivity index (χ2n) is 7.47. The molecule has 0 N–H and O–H groups in total. The molecular formula is C25H20O3. The normalized spacial score (nSPS) is 18.9. The number of fused-ring (bicyclic) bond motifs is 7. The first kappa shape index (κ1) is 16.8. The van der Waals surface area contributed by atoms with Crippen molar-refractivity contribution >= 4 is 34.5 Å². The van der Waals surface area contributed by atoms with Crippen molar-refractivity contribution < 1.29 is 14.3 Å². The standard InChI is InChI=1S/C25H20O3/c1-25-12-11-19-18-10-8-17(27-2)13-15(18)7-9-20(19)22(25)14-16-5-4-6-21(23(16)25)24(26)28-3/h4-14H,1-3H3/t25-/m0/s1. The van der Waals surface area contributed by atoms with Crippen LogP contribution in [0.5, 0.6) is 5.75 Å². The maximum absolute atomic E-state index is 12.4. The molecule has 0 spiro atoms. The lowest BCUT2D eigenvalue weighted by Crippen LogP contribution is -2.24. The van der Waals surface area contributed by atoms with Gasteiger partial charge in [-0.25, -0.2) is 4.79 Å². The fourth-order valence-corrected chi connectivity index (χ4v) is 4.64. The number of allylic oxidation sites excluding steroid dienone is 2. The largest absolute Gasteiger partial charge is 0.497 e. The Kier molecular flexibility index (Phi) is 3.50. The van der Waals surface area contributed by atoms with E-state index in [2.05, 4.69) is 55.5 Å². The molecule has 3 aromatic rings. The van der Waals surface area contributed by atoms with Crippen LogP contribution in [0.4, 0.5) is 0 Å². The molecule has 5 rings (SSSR count). The van der Waals surface area contributed by atoms with E-state index in [9.17, 15) is 4.79 Å². The number of esters is 1. The van der Waals surface area contributed by atoms with E-state index in [1.807, 2.05) is 18.2 Å². The van der Waals surface area contributed by atoms with Crippen LogP contribution < -0.4 is 4.74 Å². The lowest BCUT2D eigenvalue weighted by Gasteiger charge is -2.32. The van der Waals surface area contributed by atoms with Crippen molar-refractivity contribution in [1.82, 2.24) is 0 Å². The van der Waals surface area contributed by atoms with Gasteiger partial charge in [0.15, 0.2) is 0 Å². The molecule has 3 aromatic carbocycles. The highest BCUT2D eigenvalue weighted by atomic mass is 16.5. The second-order valence-corrected chi connectivity index (χ2v) is 7.47. The van der Waals surface area contributed by atoms with Gasteiger partial charge in [-0.2, -0.15) is 0 Å². The maximum atomic E-state index is 12.4. The molecule has 2 aliphatic rings. The quantitative estimate of drug-likeness (QED) is 0.562. The number of benzene rings is 3. The van der Waals surface area contributed by atoms with Crippen LogP contribution in [-0.2, 0) is 10.2 Å². The van der Waals surface area contributed by atoms with Gasteiger partial charge < -0.3 is 9.47 Å². The number of hydrogen-bond acceptors (Lipinski definition) is 3. The summed E-state index contributed by atoms with van der Waals surface area (Å²) < 4.78 is 10.4. The van der Waals surface area contributed by atoms with Crippen molar-refractivity contribution in [3.8, 4) is 5.75 Å². The molecular weight excluding hydrogens is 348 g/mol. The Morgan fingerprint density at radius 2 is 1.89 bits per heavy atom. The number of hydrogen-bond donors (Lipinski definition) is 0. The average molecular weight is 368 g/mol. The van der Waals surface area contributed by atoms with Crippen LogP contribution in [-0.4, -0.2) is 20.2 Å². The van der Waals surface area contributed by atoms with Crippen molar-refractivity contribution in [1.29, 1.82) is 0 Å². The lowest BCUT2D eigenvalue weighted by atomic mass is 9.70. The van der Waals surface area contributed by atoms with Gasteiger partial charge in [-0.1, -0.05) is 42.5 Å². The Balaban J connectivity index is 1.74. The van der Waals surface area contributed by atoms with E-state index in [1.165, 1.54) is 29.2 Å². The topological polar surface area (TPSA) is 35.5 Å². The Labute approximate surface area is 163 Å². The Bertz CT molecular complexity index is 1220. The fraction of sp³-hybridized carbons (Fsp3) is 0.160. The van der Waals surface area contributed by atoms with Crippen LogP contribution >= 0.6 is 0 Å². The summed E-state index contributed by atoms with van der Waals surface area (Å²) in [5, 5.41) is 2.35. The van der Waals surface area contributed by atoms with Crippen molar-refractivity contribution in [2.75, 3.05) is 14.2 Å². The lowest BCUT2D eigenvalue weighted by molar-refractivity contribution is 0.0598. The third-order valence-electron chi connectivity index (χ3n) is 6.02. The van der Waals surface area contributed by atoms with E-state index in [-0.39, 0.29) is 11.4 Å². The predicted octanol–water partition coefficient (Wildman–Crippen LogP) is 5.47. The van der Waals surface area contributed by atoms with Gasteiger partial charge in [0.2, 0.25) is 0 Å². The number of ether oxygens (including phenoxy) is 2. The maximum Gasteiger partial charge on any atom is 0.338 e. The van der Waals surface area contributed by atoms with Gasteiger partial charge in [0.1, 0.15) is 5.75 Å². The average Bonchev–Trinajstić information content (AvgIpc) is 3.05. The number of carbonyl (C=O) groups excluding carboxylic acids is 1. The predicted molar refractivity (Wildman–Crippen MR) is 113 cm³/mol.